The Labute approximate surface area is 124 Å². The van der Waals surface area contributed by atoms with E-state index in [1.807, 2.05) is 19.0 Å². The maximum atomic E-state index is 11.6. The van der Waals surface area contributed by atoms with Crippen LogP contribution in [0.3, 0.4) is 0 Å². The quantitative estimate of drug-likeness (QED) is 0.793. The average Bonchev–Trinajstić information content (AvgIpc) is 2.34. The summed E-state index contributed by atoms with van der Waals surface area (Å²) in [5.74, 6) is 0.295. The van der Waals surface area contributed by atoms with Crippen LogP contribution in [0, 0.1) is 0 Å². The molecule has 0 aliphatic rings. The molecular weight excluding hydrogens is 280 g/mol. The number of halogens is 1. The van der Waals surface area contributed by atoms with Gasteiger partial charge in [-0.2, -0.15) is 0 Å². The second kappa shape index (κ2) is 7.47. The summed E-state index contributed by atoms with van der Waals surface area (Å²) in [5.41, 5.74) is -0.973. The lowest BCUT2D eigenvalue weighted by Gasteiger charge is -2.27. The number of ether oxygens (including phenoxy) is 1. The summed E-state index contributed by atoms with van der Waals surface area (Å²) in [6.07, 6.45) is 0. The number of nitrogens with one attached hydrogen (secondary N) is 1. The Balaban J connectivity index is 2.32. The number of nitrogens with zero attached hydrogens (tertiary/aromatic N) is 1. The molecule has 6 heteroatoms. The lowest BCUT2D eigenvalue weighted by molar-refractivity contribution is -0.124. The van der Waals surface area contributed by atoms with E-state index >= 15 is 0 Å². The topological polar surface area (TPSA) is 61.8 Å². The summed E-state index contributed by atoms with van der Waals surface area (Å²) in [6, 6.07) is 6.77. The first-order chi connectivity index (χ1) is 9.28. The Morgan fingerprint density at radius 3 is 2.55 bits per heavy atom. The molecule has 1 aromatic carbocycles. The SMILES string of the molecule is CN(C)CC(C)(O)CNC(=O)COc1ccc(Cl)cc1. The van der Waals surface area contributed by atoms with Crippen molar-refractivity contribution in [1.29, 1.82) is 0 Å². The third-order valence-corrected chi connectivity index (χ3v) is 2.76. The summed E-state index contributed by atoms with van der Waals surface area (Å²) in [7, 11) is 3.72. The van der Waals surface area contributed by atoms with Crippen LogP contribution in [0.1, 0.15) is 6.92 Å². The van der Waals surface area contributed by atoms with E-state index in [9.17, 15) is 9.90 Å². The summed E-state index contributed by atoms with van der Waals surface area (Å²) in [6.45, 7) is 2.21. The molecule has 0 radical (unpaired) electrons. The predicted molar refractivity (Wildman–Crippen MR) is 79.1 cm³/mol. The highest BCUT2D eigenvalue weighted by atomic mass is 35.5. The largest absolute Gasteiger partial charge is 0.484 e. The molecule has 0 aromatic heterocycles. The van der Waals surface area contributed by atoms with Gasteiger partial charge in [-0.15, -0.1) is 0 Å². The van der Waals surface area contributed by atoms with Crippen LogP contribution in [0.25, 0.3) is 0 Å². The number of amides is 1. The van der Waals surface area contributed by atoms with Crippen LogP contribution in [0.5, 0.6) is 5.75 Å². The van der Waals surface area contributed by atoms with Gasteiger partial charge in [0.1, 0.15) is 5.75 Å². The van der Waals surface area contributed by atoms with E-state index < -0.39 is 5.60 Å². The van der Waals surface area contributed by atoms with Crippen molar-refractivity contribution in [2.45, 2.75) is 12.5 Å². The third-order valence-electron chi connectivity index (χ3n) is 2.51. The summed E-state index contributed by atoms with van der Waals surface area (Å²) >= 11 is 5.75. The van der Waals surface area contributed by atoms with Crippen LogP contribution in [0.4, 0.5) is 0 Å². The molecule has 2 N–H and O–H groups in total. The molecule has 0 aliphatic heterocycles. The molecule has 1 atom stereocenters. The normalized spacial score (nSPS) is 13.9. The number of likely N-dealkylation sites (N-methyl/N-ethyl adjacent to an activating group) is 1. The van der Waals surface area contributed by atoms with Crippen LogP contribution >= 0.6 is 11.6 Å². The van der Waals surface area contributed by atoms with E-state index in [0.29, 0.717) is 17.3 Å². The second-order valence-electron chi connectivity index (χ2n) is 5.25. The summed E-state index contributed by atoms with van der Waals surface area (Å²) in [4.78, 5) is 13.5. The molecular formula is C14H21ClN2O3. The molecule has 0 saturated heterocycles. The second-order valence-corrected chi connectivity index (χ2v) is 5.69. The Kier molecular flexibility index (Phi) is 6.26. The lowest BCUT2D eigenvalue weighted by atomic mass is 10.1. The van der Waals surface area contributed by atoms with Crippen LogP contribution in [0.2, 0.25) is 5.02 Å². The number of hydrogen-bond acceptors (Lipinski definition) is 4. The van der Waals surface area contributed by atoms with Crippen LogP contribution in [0.15, 0.2) is 24.3 Å². The van der Waals surface area contributed by atoms with Crippen molar-refractivity contribution in [3.8, 4) is 5.75 Å². The van der Waals surface area contributed by atoms with Crippen LogP contribution in [-0.2, 0) is 4.79 Å². The molecule has 1 amide bonds. The number of benzene rings is 1. The molecule has 0 fully saturated rings. The van der Waals surface area contributed by atoms with E-state index in [0.717, 1.165) is 0 Å². The Hall–Kier alpha value is -1.30. The molecule has 0 bridgehead atoms. The first kappa shape index (κ1) is 16.8. The Bertz CT molecular complexity index is 433. The van der Waals surface area contributed by atoms with Crippen molar-refractivity contribution < 1.29 is 14.6 Å². The highest BCUT2D eigenvalue weighted by Gasteiger charge is 2.22. The zero-order valence-corrected chi connectivity index (χ0v) is 12.8. The van der Waals surface area contributed by atoms with E-state index in [-0.39, 0.29) is 19.1 Å². The molecule has 0 aliphatic carbocycles. The van der Waals surface area contributed by atoms with E-state index in [2.05, 4.69) is 5.32 Å². The van der Waals surface area contributed by atoms with Crippen LogP contribution in [-0.4, -0.2) is 55.3 Å². The number of carbonyl (C=O) groups excluding carboxylic acids is 1. The third kappa shape index (κ3) is 6.75. The standard InChI is InChI=1S/C14H21ClN2O3/c1-14(19,10-17(2)3)9-16-13(18)8-20-12-6-4-11(15)5-7-12/h4-7,19H,8-10H2,1-3H3,(H,16,18). The molecule has 1 rings (SSSR count). The first-order valence-corrected chi connectivity index (χ1v) is 6.68. The van der Waals surface area contributed by atoms with Crippen molar-refractivity contribution in [2.75, 3.05) is 33.8 Å². The van der Waals surface area contributed by atoms with E-state index in [4.69, 9.17) is 16.3 Å². The van der Waals surface area contributed by atoms with E-state index in [1.54, 1.807) is 31.2 Å². The van der Waals surface area contributed by atoms with Crippen LogP contribution < -0.4 is 10.1 Å². The van der Waals surface area contributed by atoms with Gasteiger partial charge in [0.15, 0.2) is 6.61 Å². The highest BCUT2D eigenvalue weighted by Crippen LogP contribution is 2.15. The molecule has 0 saturated carbocycles. The van der Waals surface area contributed by atoms with Crippen molar-refractivity contribution >= 4 is 17.5 Å². The fraction of sp³-hybridized carbons (Fsp3) is 0.500. The molecule has 0 heterocycles. The molecule has 112 valence electrons. The van der Waals surface area contributed by atoms with Gasteiger partial charge in [-0.25, -0.2) is 0 Å². The zero-order chi connectivity index (χ0) is 15.2. The van der Waals surface area contributed by atoms with Crippen molar-refractivity contribution in [2.24, 2.45) is 0 Å². The number of aliphatic hydroxyl groups is 1. The molecule has 20 heavy (non-hydrogen) atoms. The van der Waals surface area contributed by atoms with Crippen molar-refractivity contribution in [3.63, 3.8) is 0 Å². The maximum absolute atomic E-state index is 11.6. The van der Waals surface area contributed by atoms with Gasteiger partial charge in [-0.1, -0.05) is 11.6 Å². The fourth-order valence-corrected chi connectivity index (χ4v) is 1.88. The van der Waals surface area contributed by atoms with Gasteiger partial charge in [0.25, 0.3) is 5.91 Å². The Morgan fingerprint density at radius 2 is 2.00 bits per heavy atom. The Morgan fingerprint density at radius 1 is 1.40 bits per heavy atom. The lowest BCUT2D eigenvalue weighted by Crippen LogP contribution is -2.47. The van der Waals surface area contributed by atoms with Gasteiger partial charge >= 0.3 is 0 Å². The monoisotopic (exact) mass is 300 g/mol. The van der Waals surface area contributed by atoms with Crippen molar-refractivity contribution in [3.05, 3.63) is 29.3 Å². The number of carbonyl (C=O) groups is 1. The van der Waals surface area contributed by atoms with Crippen molar-refractivity contribution in [1.82, 2.24) is 10.2 Å². The fourth-order valence-electron chi connectivity index (χ4n) is 1.76. The smallest absolute Gasteiger partial charge is 0.258 e. The predicted octanol–water partition coefficient (Wildman–Crippen LogP) is 1.15. The van der Waals surface area contributed by atoms with Gasteiger partial charge in [-0.3, -0.25) is 4.79 Å². The van der Waals surface area contributed by atoms with Gasteiger partial charge < -0.3 is 20.1 Å². The maximum Gasteiger partial charge on any atom is 0.258 e. The summed E-state index contributed by atoms with van der Waals surface area (Å²) in [5, 5.41) is 13.3. The van der Waals surface area contributed by atoms with Gasteiger partial charge in [0, 0.05) is 18.1 Å². The van der Waals surface area contributed by atoms with Gasteiger partial charge in [-0.05, 0) is 45.3 Å². The van der Waals surface area contributed by atoms with Gasteiger partial charge in [0.05, 0.1) is 5.60 Å². The highest BCUT2D eigenvalue weighted by molar-refractivity contribution is 6.30. The average molecular weight is 301 g/mol. The first-order valence-electron chi connectivity index (χ1n) is 6.31. The minimum atomic E-state index is -0.973. The molecule has 1 aromatic rings. The minimum absolute atomic E-state index is 0.0975. The molecule has 5 nitrogen and oxygen atoms in total. The minimum Gasteiger partial charge on any atom is -0.484 e. The number of hydrogen-bond donors (Lipinski definition) is 2. The molecule has 1 unspecified atom stereocenters. The zero-order valence-electron chi connectivity index (χ0n) is 12.0. The molecule has 0 spiro atoms. The summed E-state index contributed by atoms with van der Waals surface area (Å²) < 4.78 is 5.31. The van der Waals surface area contributed by atoms with Gasteiger partial charge in [0.2, 0.25) is 0 Å². The number of rotatable bonds is 7. The van der Waals surface area contributed by atoms with E-state index in [1.165, 1.54) is 0 Å².